The molecule has 0 radical (unpaired) electrons. The van der Waals surface area contributed by atoms with E-state index in [0.29, 0.717) is 17.3 Å². The van der Waals surface area contributed by atoms with Crippen LogP contribution in [0.2, 0.25) is 5.02 Å². The molecule has 1 aromatic carbocycles. The van der Waals surface area contributed by atoms with Crippen LogP contribution in [-0.4, -0.2) is 20.3 Å². The standard InChI is InChI=1S/C12H16ClNO3/c1-7-5-10(16-3)9(8(2)11(7)13)6-14-12(15)17-4/h5H,6H2,1-4H3,(H,14,15). The van der Waals surface area contributed by atoms with Crippen molar-refractivity contribution in [3.63, 3.8) is 0 Å². The summed E-state index contributed by atoms with van der Waals surface area (Å²) < 4.78 is 9.79. The molecule has 1 rings (SSSR count). The van der Waals surface area contributed by atoms with Crippen molar-refractivity contribution >= 4 is 17.7 Å². The normalized spacial score (nSPS) is 9.94. The molecule has 0 aliphatic rings. The lowest BCUT2D eigenvalue weighted by molar-refractivity contribution is 0.170. The Morgan fingerprint density at radius 3 is 2.59 bits per heavy atom. The quantitative estimate of drug-likeness (QED) is 0.906. The molecule has 0 aromatic heterocycles. The third-order valence-corrected chi connectivity index (χ3v) is 3.17. The van der Waals surface area contributed by atoms with Crippen LogP contribution in [0.15, 0.2) is 6.07 Å². The third kappa shape index (κ3) is 3.03. The number of methoxy groups -OCH3 is 2. The van der Waals surface area contributed by atoms with Gasteiger partial charge in [0.2, 0.25) is 0 Å². The van der Waals surface area contributed by atoms with Crippen molar-refractivity contribution in [1.82, 2.24) is 5.32 Å². The largest absolute Gasteiger partial charge is 0.496 e. The van der Waals surface area contributed by atoms with Gasteiger partial charge >= 0.3 is 6.09 Å². The summed E-state index contributed by atoms with van der Waals surface area (Å²) in [6, 6.07) is 1.85. The van der Waals surface area contributed by atoms with Gasteiger partial charge in [-0.3, -0.25) is 0 Å². The predicted octanol–water partition coefficient (Wildman–Crippen LogP) is 2.82. The molecule has 94 valence electrons. The summed E-state index contributed by atoms with van der Waals surface area (Å²) in [4.78, 5) is 11.0. The topological polar surface area (TPSA) is 47.6 Å². The first-order valence-electron chi connectivity index (χ1n) is 5.15. The van der Waals surface area contributed by atoms with Crippen LogP contribution in [0, 0.1) is 13.8 Å². The Kier molecular flexibility index (Phi) is 4.63. The Balaban J connectivity index is 3.04. The zero-order valence-corrected chi connectivity index (χ0v) is 11.1. The van der Waals surface area contributed by atoms with Gasteiger partial charge in [0.25, 0.3) is 0 Å². The average molecular weight is 258 g/mol. The van der Waals surface area contributed by atoms with Crippen molar-refractivity contribution in [1.29, 1.82) is 0 Å². The number of halogens is 1. The molecule has 0 spiro atoms. The molecule has 0 fully saturated rings. The zero-order valence-electron chi connectivity index (χ0n) is 10.4. The van der Waals surface area contributed by atoms with Crippen molar-refractivity contribution in [3.05, 3.63) is 27.8 Å². The predicted molar refractivity (Wildman–Crippen MR) is 66.7 cm³/mol. The van der Waals surface area contributed by atoms with Gasteiger partial charge < -0.3 is 14.8 Å². The van der Waals surface area contributed by atoms with Crippen molar-refractivity contribution < 1.29 is 14.3 Å². The van der Waals surface area contributed by atoms with E-state index in [4.69, 9.17) is 16.3 Å². The van der Waals surface area contributed by atoms with Gasteiger partial charge in [-0.25, -0.2) is 4.79 Å². The van der Waals surface area contributed by atoms with Crippen LogP contribution < -0.4 is 10.1 Å². The summed E-state index contributed by atoms with van der Waals surface area (Å²) in [5.74, 6) is 0.709. The number of aryl methyl sites for hydroxylation is 1. The maximum absolute atomic E-state index is 11.0. The van der Waals surface area contributed by atoms with Crippen LogP contribution in [0.4, 0.5) is 4.79 Å². The lowest BCUT2D eigenvalue weighted by atomic mass is 10.0. The lowest BCUT2D eigenvalue weighted by Crippen LogP contribution is -2.23. The molecule has 0 saturated carbocycles. The summed E-state index contributed by atoms with van der Waals surface area (Å²) in [5, 5.41) is 3.30. The molecule has 0 heterocycles. The molecule has 1 N–H and O–H groups in total. The highest BCUT2D eigenvalue weighted by Gasteiger charge is 2.13. The highest BCUT2D eigenvalue weighted by atomic mass is 35.5. The molecular weight excluding hydrogens is 242 g/mol. The van der Waals surface area contributed by atoms with Crippen molar-refractivity contribution in [2.75, 3.05) is 14.2 Å². The summed E-state index contributed by atoms with van der Waals surface area (Å²) in [6.07, 6.45) is -0.483. The Bertz CT molecular complexity index is 432. The number of ether oxygens (including phenoxy) is 2. The molecule has 4 nitrogen and oxygen atoms in total. The molecule has 0 saturated heterocycles. The van der Waals surface area contributed by atoms with E-state index in [-0.39, 0.29) is 0 Å². The Hall–Kier alpha value is -1.42. The monoisotopic (exact) mass is 257 g/mol. The number of hydrogen-bond acceptors (Lipinski definition) is 3. The molecule has 1 amide bonds. The maximum atomic E-state index is 11.0. The average Bonchev–Trinajstić information content (AvgIpc) is 2.33. The number of alkyl carbamates (subject to hydrolysis) is 1. The minimum Gasteiger partial charge on any atom is -0.496 e. The number of hydrogen-bond donors (Lipinski definition) is 1. The first kappa shape index (κ1) is 13.6. The summed E-state index contributed by atoms with van der Waals surface area (Å²) >= 11 is 6.16. The molecule has 0 bridgehead atoms. The van der Waals surface area contributed by atoms with Crippen LogP contribution in [0.25, 0.3) is 0 Å². The van der Waals surface area contributed by atoms with Crippen molar-refractivity contribution in [2.45, 2.75) is 20.4 Å². The van der Waals surface area contributed by atoms with Gasteiger partial charge in [0.15, 0.2) is 0 Å². The first-order chi connectivity index (χ1) is 8.01. The Morgan fingerprint density at radius 2 is 2.06 bits per heavy atom. The van der Waals surface area contributed by atoms with Crippen LogP contribution in [0.5, 0.6) is 5.75 Å². The fraction of sp³-hybridized carbons (Fsp3) is 0.417. The Morgan fingerprint density at radius 1 is 1.41 bits per heavy atom. The fourth-order valence-corrected chi connectivity index (χ4v) is 1.76. The number of amides is 1. The van der Waals surface area contributed by atoms with Crippen LogP contribution in [-0.2, 0) is 11.3 Å². The fourth-order valence-electron chi connectivity index (χ4n) is 1.59. The lowest BCUT2D eigenvalue weighted by Gasteiger charge is -2.15. The first-order valence-corrected chi connectivity index (χ1v) is 5.53. The molecule has 0 aliphatic carbocycles. The zero-order chi connectivity index (χ0) is 13.0. The van der Waals surface area contributed by atoms with Gasteiger partial charge in [-0.05, 0) is 31.0 Å². The highest BCUT2D eigenvalue weighted by molar-refractivity contribution is 6.32. The second-order valence-corrected chi connectivity index (χ2v) is 4.04. The summed E-state index contributed by atoms with van der Waals surface area (Å²) in [5.41, 5.74) is 2.70. The second kappa shape index (κ2) is 5.77. The molecule has 0 atom stereocenters. The summed E-state index contributed by atoms with van der Waals surface area (Å²) in [6.45, 7) is 4.13. The van der Waals surface area contributed by atoms with Gasteiger partial charge in [0.05, 0.1) is 20.8 Å². The molecular formula is C12H16ClNO3. The van der Waals surface area contributed by atoms with Gasteiger partial charge in [-0.1, -0.05) is 11.6 Å². The maximum Gasteiger partial charge on any atom is 0.407 e. The van der Waals surface area contributed by atoms with E-state index in [1.165, 1.54) is 7.11 Å². The van der Waals surface area contributed by atoms with Gasteiger partial charge in [-0.15, -0.1) is 0 Å². The minimum absolute atomic E-state index is 0.321. The minimum atomic E-state index is -0.483. The molecule has 0 aliphatic heterocycles. The van der Waals surface area contributed by atoms with E-state index in [0.717, 1.165) is 16.7 Å². The van der Waals surface area contributed by atoms with E-state index in [1.54, 1.807) is 7.11 Å². The second-order valence-electron chi connectivity index (χ2n) is 3.66. The van der Waals surface area contributed by atoms with Gasteiger partial charge in [0.1, 0.15) is 5.75 Å². The molecule has 17 heavy (non-hydrogen) atoms. The SMILES string of the molecule is COC(=O)NCc1c(OC)cc(C)c(Cl)c1C. The number of carbonyl (C=O) groups excluding carboxylic acids is 1. The van der Waals surface area contributed by atoms with E-state index in [1.807, 2.05) is 19.9 Å². The van der Waals surface area contributed by atoms with Crippen molar-refractivity contribution in [3.8, 4) is 5.75 Å². The van der Waals surface area contributed by atoms with E-state index in [9.17, 15) is 4.79 Å². The van der Waals surface area contributed by atoms with Crippen LogP contribution in [0.3, 0.4) is 0 Å². The van der Waals surface area contributed by atoms with Gasteiger partial charge in [0, 0.05) is 10.6 Å². The third-order valence-electron chi connectivity index (χ3n) is 2.59. The van der Waals surface area contributed by atoms with Crippen LogP contribution in [0.1, 0.15) is 16.7 Å². The van der Waals surface area contributed by atoms with Gasteiger partial charge in [-0.2, -0.15) is 0 Å². The Labute approximate surface area is 106 Å². The van der Waals surface area contributed by atoms with Crippen LogP contribution >= 0.6 is 11.6 Å². The molecule has 5 heteroatoms. The smallest absolute Gasteiger partial charge is 0.407 e. The summed E-state index contributed by atoms with van der Waals surface area (Å²) in [7, 11) is 2.91. The van der Waals surface area contributed by atoms with Crippen molar-refractivity contribution in [2.24, 2.45) is 0 Å². The highest BCUT2D eigenvalue weighted by Crippen LogP contribution is 2.31. The van der Waals surface area contributed by atoms with E-state index >= 15 is 0 Å². The number of rotatable bonds is 3. The number of benzene rings is 1. The van der Waals surface area contributed by atoms with E-state index in [2.05, 4.69) is 10.1 Å². The molecule has 0 unspecified atom stereocenters. The molecule has 1 aromatic rings. The number of carbonyl (C=O) groups is 1. The van der Waals surface area contributed by atoms with E-state index < -0.39 is 6.09 Å². The number of nitrogens with one attached hydrogen (secondary N) is 1.